The maximum Gasteiger partial charge on any atom is 0.330 e. The van der Waals surface area contributed by atoms with Crippen LogP contribution in [0.5, 0.6) is 11.5 Å². The molecule has 2 aromatic rings. The van der Waals surface area contributed by atoms with Crippen molar-refractivity contribution < 1.29 is 19.4 Å². The largest absolute Gasteiger partial charge is 0.479 e. The van der Waals surface area contributed by atoms with Gasteiger partial charge in [-0.15, -0.1) is 0 Å². The Balaban J connectivity index is 1.87. The first-order chi connectivity index (χ1) is 10.1. The van der Waals surface area contributed by atoms with Crippen LogP contribution in [0.1, 0.15) is 11.6 Å². The summed E-state index contributed by atoms with van der Waals surface area (Å²) in [6.07, 6.45) is 0. The van der Waals surface area contributed by atoms with E-state index in [9.17, 15) is 9.90 Å². The number of aliphatic carboxylic acids is 1. The van der Waals surface area contributed by atoms with Gasteiger partial charge in [0.1, 0.15) is 0 Å². The summed E-state index contributed by atoms with van der Waals surface area (Å²) < 4.78 is 11.4. The van der Waals surface area contributed by atoms with Gasteiger partial charge < -0.3 is 19.9 Å². The summed E-state index contributed by atoms with van der Waals surface area (Å²) in [5.41, 5.74) is 1.33. The quantitative estimate of drug-likeness (QED) is 0.885. The standard InChI is InChI=1S/C15H12BrNO4/c16-10-2-4-11(5-3-10)17-14(15(18)19)9-1-6-12-13(7-9)21-8-20-12/h1-7,14,17H,8H2,(H,18,19). The van der Waals surface area contributed by atoms with Gasteiger partial charge in [0.05, 0.1) is 0 Å². The third-order valence-corrected chi connectivity index (χ3v) is 3.66. The van der Waals surface area contributed by atoms with Crippen LogP contribution in [-0.2, 0) is 4.79 Å². The summed E-state index contributed by atoms with van der Waals surface area (Å²) in [4.78, 5) is 11.5. The minimum Gasteiger partial charge on any atom is -0.479 e. The van der Waals surface area contributed by atoms with Crippen molar-refractivity contribution in [3.05, 3.63) is 52.5 Å². The van der Waals surface area contributed by atoms with E-state index in [1.54, 1.807) is 18.2 Å². The molecule has 21 heavy (non-hydrogen) atoms. The summed E-state index contributed by atoms with van der Waals surface area (Å²) >= 11 is 3.34. The lowest BCUT2D eigenvalue weighted by Gasteiger charge is -2.16. The first-order valence-corrected chi connectivity index (χ1v) is 7.07. The molecule has 0 aromatic heterocycles. The molecule has 0 saturated carbocycles. The van der Waals surface area contributed by atoms with Gasteiger partial charge in [0.2, 0.25) is 6.79 Å². The number of benzene rings is 2. The number of fused-ring (bicyclic) bond motifs is 1. The fourth-order valence-electron chi connectivity index (χ4n) is 2.09. The Bertz CT molecular complexity index is 672. The van der Waals surface area contributed by atoms with Gasteiger partial charge in [-0.25, -0.2) is 4.79 Å². The average Bonchev–Trinajstić information content (AvgIpc) is 2.93. The third-order valence-electron chi connectivity index (χ3n) is 3.13. The van der Waals surface area contributed by atoms with Crippen molar-refractivity contribution in [1.29, 1.82) is 0 Å². The van der Waals surface area contributed by atoms with Crippen LogP contribution in [0.25, 0.3) is 0 Å². The van der Waals surface area contributed by atoms with Crippen LogP contribution in [0, 0.1) is 0 Å². The number of carboxylic acid groups (broad SMARTS) is 1. The Kier molecular flexibility index (Phi) is 3.70. The van der Waals surface area contributed by atoms with E-state index in [2.05, 4.69) is 21.2 Å². The van der Waals surface area contributed by atoms with Crippen molar-refractivity contribution in [3.63, 3.8) is 0 Å². The first-order valence-electron chi connectivity index (χ1n) is 6.28. The van der Waals surface area contributed by atoms with Crippen LogP contribution < -0.4 is 14.8 Å². The highest BCUT2D eigenvalue weighted by molar-refractivity contribution is 9.10. The lowest BCUT2D eigenvalue weighted by atomic mass is 10.1. The first kappa shape index (κ1) is 13.8. The molecule has 6 heteroatoms. The number of hydrogen-bond donors (Lipinski definition) is 2. The van der Waals surface area contributed by atoms with Gasteiger partial charge in [-0.05, 0) is 42.0 Å². The Hall–Kier alpha value is -2.21. The highest BCUT2D eigenvalue weighted by atomic mass is 79.9. The molecular formula is C15H12BrNO4. The molecule has 2 aromatic carbocycles. The molecule has 0 spiro atoms. The summed E-state index contributed by atoms with van der Waals surface area (Å²) in [5.74, 6) is 0.236. The van der Waals surface area contributed by atoms with Gasteiger partial charge in [-0.2, -0.15) is 0 Å². The van der Waals surface area contributed by atoms with Crippen molar-refractivity contribution >= 4 is 27.6 Å². The second-order valence-corrected chi connectivity index (χ2v) is 5.45. The monoisotopic (exact) mass is 349 g/mol. The number of nitrogens with one attached hydrogen (secondary N) is 1. The van der Waals surface area contributed by atoms with E-state index >= 15 is 0 Å². The van der Waals surface area contributed by atoms with Crippen molar-refractivity contribution in [2.24, 2.45) is 0 Å². The normalized spacial score (nSPS) is 13.8. The zero-order valence-electron chi connectivity index (χ0n) is 10.9. The van der Waals surface area contributed by atoms with Crippen molar-refractivity contribution in [3.8, 4) is 11.5 Å². The van der Waals surface area contributed by atoms with Crippen molar-refractivity contribution in [1.82, 2.24) is 0 Å². The minimum absolute atomic E-state index is 0.163. The number of carboxylic acids is 1. The van der Waals surface area contributed by atoms with Crippen LogP contribution in [0.15, 0.2) is 46.9 Å². The number of carbonyl (C=O) groups is 1. The van der Waals surface area contributed by atoms with E-state index < -0.39 is 12.0 Å². The Labute approximate surface area is 129 Å². The summed E-state index contributed by atoms with van der Waals surface area (Å²) in [6, 6.07) is 11.6. The average molecular weight is 350 g/mol. The van der Waals surface area contributed by atoms with Crippen LogP contribution in [0.2, 0.25) is 0 Å². The topological polar surface area (TPSA) is 67.8 Å². The maximum atomic E-state index is 11.5. The Morgan fingerprint density at radius 3 is 2.57 bits per heavy atom. The van der Waals surface area contributed by atoms with Crippen LogP contribution in [-0.4, -0.2) is 17.9 Å². The number of anilines is 1. The second-order valence-electron chi connectivity index (χ2n) is 4.54. The molecule has 5 nitrogen and oxygen atoms in total. The minimum atomic E-state index is -0.961. The Morgan fingerprint density at radius 2 is 1.86 bits per heavy atom. The lowest BCUT2D eigenvalue weighted by Crippen LogP contribution is -2.20. The molecule has 0 amide bonds. The van der Waals surface area contributed by atoms with Crippen LogP contribution in [0.4, 0.5) is 5.69 Å². The molecule has 0 bridgehead atoms. The third kappa shape index (κ3) is 2.95. The van der Waals surface area contributed by atoms with Crippen LogP contribution in [0.3, 0.4) is 0 Å². The SMILES string of the molecule is O=C(O)C(Nc1ccc(Br)cc1)c1ccc2c(c1)OCO2. The lowest BCUT2D eigenvalue weighted by molar-refractivity contribution is -0.138. The molecule has 0 fully saturated rings. The van der Waals surface area contributed by atoms with Gasteiger partial charge >= 0.3 is 5.97 Å². The molecule has 1 atom stereocenters. The highest BCUT2D eigenvalue weighted by Gasteiger charge is 2.23. The number of halogens is 1. The van der Waals surface area contributed by atoms with E-state index in [1.165, 1.54) is 0 Å². The van der Waals surface area contributed by atoms with Gasteiger partial charge in [0, 0.05) is 10.2 Å². The number of hydrogen-bond acceptors (Lipinski definition) is 4. The van der Waals surface area contributed by atoms with Gasteiger partial charge in [-0.3, -0.25) is 0 Å². The van der Waals surface area contributed by atoms with E-state index in [4.69, 9.17) is 9.47 Å². The zero-order chi connectivity index (χ0) is 14.8. The maximum absolute atomic E-state index is 11.5. The Morgan fingerprint density at radius 1 is 1.14 bits per heavy atom. The van der Waals surface area contributed by atoms with E-state index in [-0.39, 0.29) is 6.79 Å². The summed E-state index contributed by atoms with van der Waals surface area (Å²) in [5, 5.41) is 12.4. The van der Waals surface area contributed by atoms with Crippen LogP contribution >= 0.6 is 15.9 Å². The number of rotatable bonds is 4. The zero-order valence-corrected chi connectivity index (χ0v) is 12.5. The van der Waals surface area contributed by atoms with Crippen molar-refractivity contribution in [2.45, 2.75) is 6.04 Å². The summed E-state index contributed by atoms with van der Waals surface area (Å²) in [7, 11) is 0. The van der Waals surface area contributed by atoms with Gasteiger partial charge in [0.25, 0.3) is 0 Å². The molecule has 0 saturated heterocycles. The second kappa shape index (κ2) is 5.65. The molecular weight excluding hydrogens is 338 g/mol. The molecule has 1 unspecified atom stereocenters. The molecule has 1 aliphatic heterocycles. The van der Waals surface area contributed by atoms with E-state index in [1.807, 2.05) is 24.3 Å². The molecule has 1 heterocycles. The highest BCUT2D eigenvalue weighted by Crippen LogP contribution is 2.35. The van der Waals surface area contributed by atoms with Gasteiger partial charge in [-0.1, -0.05) is 22.0 Å². The predicted molar refractivity (Wildman–Crippen MR) is 80.7 cm³/mol. The van der Waals surface area contributed by atoms with E-state index in [0.29, 0.717) is 17.1 Å². The molecule has 108 valence electrons. The van der Waals surface area contributed by atoms with Crippen molar-refractivity contribution in [2.75, 3.05) is 12.1 Å². The number of ether oxygens (including phenoxy) is 2. The molecule has 0 aliphatic carbocycles. The molecule has 2 N–H and O–H groups in total. The predicted octanol–water partition coefficient (Wildman–Crippen LogP) is 3.42. The molecule has 0 radical (unpaired) electrons. The molecule has 1 aliphatic rings. The summed E-state index contributed by atoms with van der Waals surface area (Å²) in [6.45, 7) is 0.163. The molecule has 3 rings (SSSR count). The fraction of sp³-hybridized carbons (Fsp3) is 0.133. The smallest absolute Gasteiger partial charge is 0.330 e. The fourth-order valence-corrected chi connectivity index (χ4v) is 2.36. The van der Waals surface area contributed by atoms with Gasteiger partial charge in [0.15, 0.2) is 17.5 Å². The van der Waals surface area contributed by atoms with E-state index in [0.717, 1.165) is 10.2 Å².